The van der Waals surface area contributed by atoms with Crippen molar-refractivity contribution in [2.45, 2.75) is 39.0 Å². The first-order chi connectivity index (χ1) is 13.0. The highest BCUT2D eigenvalue weighted by Crippen LogP contribution is 2.38. The second-order valence-electron chi connectivity index (χ2n) is 6.95. The number of alkyl halides is 2. The molecule has 1 aliphatic rings. The normalized spacial score (nSPS) is 16.6. The predicted molar refractivity (Wildman–Crippen MR) is 102 cm³/mol. The zero-order valence-electron chi connectivity index (χ0n) is 15.4. The van der Waals surface area contributed by atoms with Gasteiger partial charge in [-0.25, -0.2) is 9.69 Å². The third-order valence-electron chi connectivity index (χ3n) is 4.37. The summed E-state index contributed by atoms with van der Waals surface area (Å²) < 4.78 is 30.9. The van der Waals surface area contributed by atoms with Gasteiger partial charge in [0.15, 0.2) is 0 Å². The summed E-state index contributed by atoms with van der Waals surface area (Å²) in [5.74, 6) is -0.503. The van der Waals surface area contributed by atoms with Crippen molar-refractivity contribution in [2.24, 2.45) is 0 Å². The number of nitrogens with zero attached hydrogens (tertiary/aromatic N) is 3. The number of anilines is 1. The maximum atomic E-state index is 13.1. The van der Waals surface area contributed by atoms with Crippen LogP contribution in [-0.2, 0) is 11.3 Å². The number of hydrogen-bond donors (Lipinski definition) is 0. The Labute approximate surface area is 169 Å². The minimum Gasteiger partial charge on any atom is -0.433 e. The summed E-state index contributed by atoms with van der Waals surface area (Å²) in [5.41, 5.74) is 0.0111. The van der Waals surface area contributed by atoms with Crippen LogP contribution in [0.15, 0.2) is 47.2 Å². The molecule has 0 aliphatic carbocycles. The van der Waals surface area contributed by atoms with Crippen molar-refractivity contribution in [1.29, 1.82) is 0 Å². The van der Waals surface area contributed by atoms with Crippen LogP contribution in [0.25, 0.3) is 0 Å². The number of ether oxygens (including phenoxy) is 1. The molecule has 0 radical (unpaired) electrons. The van der Waals surface area contributed by atoms with E-state index in [1.54, 1.807) is 38.4 Å². The van der Waals surface area contributed by atoms with Crippen LogP contribution in [0, 0.1) is 0 Å². The lowest BCUT2D eigenvalue weighted by molar-refractivity contribution is -0.159. The van der Waals surface area contributed by atoms with Crippen molar-refractivity contribution in [1.82, 2.24) is 9.88 Å². The minimum absolute atomic E-state index is 0.0879. The SMILES string of the molecule is CC(F)(F)Oc1ccc(N2C(=O)N(Cc3ccncc3)C(C)(C)C2=O)c(Br)c1. The summed E-state index contributed by atoms with van der Waals surface area (Å²) in [7, 11) is 0. The number of carbonyl (C=O) groups is 2. The van der Waals surface area contributed by atoms with Crippen LogP contribution in [0.1, 0.15) is 26.3 Å². The van der Waals surface area contributed by atoms with Crippen molar-refractivity contribution < 1.29 is 23.1 Å². The standard InChI is InChI=1S/C19H18BrF2N3O3/c1-18(2)16(26)25(17(27)24(18)11-12-6-8-23-9-7-12)15-5-4-13(10-14(15)20)28-19(3,21)22/h4-10H,11H2,1-3H3. The van der Waals surface area contributed by atoms with Crippen molar-refractivity contribution >= 4 is 33.6 Å². The molecule has 0 atom stereocenters. The molecule has 0 unspecified atom stereocenters. The Hall–Kier alpha value is -2.55. The summed E-state index contributed by atoms with van der Waals surface area (Å²) in [6.07, 6.45) is -0.119. The zero-order chi connectivity index (χ0) is 20.7. The number of rotatable bonds is 5. The first-order valence-corrected chi connectivity index (χ1v) is 9.21. The smallest absolute Gasteiger partial charge is 0.394 e. The molecule has 3 amide bonds. The van der Waals surface area contributed by atoms with Gasteiger partial charge >= 0.3 is 12.1 Å². The van der Waals surface area contributed by atoms with E-state index in [-0.39, 0.29) is 22.5 Å². The quantitative estimate of drug-likeness (QED) is 0.621. The van der Waals surface area contributed by atoms with Crippen LogP contribution in [0.2, 0.25) is 0 Å². The van der Waals surface area contributed by atoms with E-state index in [9.17, 15) is 18.4 Å². The second kappa shape index (κ2) is 7.12. The first-order valence-electron chi connectivity index (χ1n) is 8.42. The number of pyridine rings is 1. The highest BCUT2D eigenvalue weighted by atomic mass is 79.9. The van der Waals surface area contributed by atoms with Crippen LogP contribution < -0.4 is 9.64 Å². The molecule has 1 aromatic carbocycles. The Morgan fingerprint density at radius 2 is 1.82 bits per heavy atom. The summed E-state index contributed by atoms with van der Waals surface area (Å²) in [5, 5.41) is 0. The molecule has 1 fully saturated rings. The fourth-order valence-electron chi connectivity index (χ4n) is 2.92. The Bertz CT molecular complexity index is 916. The Kier molecular flexibility index (Phi) is 5.14. The molecule has 0 N–H and O–H groups in total. The lowest BCUT2D eigenvalue weighted by Crippen LogP contribution is -2.43. The summed E-state index contributed by atoms with van der Waals surface area (Å²) in [6, 6.07) is 7.02. The molecule has 1 saturated heterocycles. The van der Waals surface area contributed by atoms with Gasteiger partial charge in [-0.15, -0.1) is 0 Å². The van der Waals surface area contributed by atoms with Gasteiger partial charge in [0.2, 0.25) is 0 Å². The van der Waals surface area contributed by atoms with E-state index < -0.39 is 23.6 Å². The number of urea groups is 1. The predicted octanol–water partition coefficient (Wildman–Crippen LogP) is 4.58. The molecular formula is C19H18BrF2N3O3. The molecule has 9 heteroatoms. The maximum absolute atomic E-state index is 13.1. The van der Waals surface area contributed by atoms with Crippen LogP contribution in [0.5, 0.6) is 5.75 Å². The van der Waals surface area contributed by atoms with Gasteiger partial charge < -0.3 is 9.64 Å². The highest BCUT2D eigenvalue weighted by molar-refractivity contribution is 9.10. The monoisotopic (exact) mass is 453 g/mol. The third kappa shape index (κ3) is 3.84. The largest absolute Gasteiger partial charge is 0.433 e. The molecule has 6 nitrogen and oxygen atoms in total. The molecule has 1 aliphatic heterocycles. The maximum Gasteiger partial charge on any atom is 0.394 e. The second-order valence-corrected chi connectivity index (χ2v) is 7.80. The molecule has 2 heterocycles. The zero-order valence-corrected chi connectivity index (χ0v) is 17.0. The minimum atomic E-state index is -3.34. The van der Waals surface area contributed by atoms with Crippen molar-refractivity contribution in [3.63, 3.8) is 0 Å². The van der Waals surface area contributed by atoms with Crippen molar-refractivity contribution in [2.75, 3.05) is 4.90 Å². The van der Waals surface area contributed by atoms with Gasteiger partial charge in [0.05, 0.1) is 5.69 Å². The molecule has 28 heavy (non-hydrogen) atoms. The summed E-state index contributed by atoms with van der Waals surface area (Å²) in [4.78, 5) is 32.5. The third-order valence-corrected chi connectivity index (χ3v) is 5.01. The Morgan fingerprint density at radius 3 is 2.39 bits per heavy atom. The van der Waals surface area contributed by atoms with E-state index >= 15 is 0 Å². The van der Waals surface area contributed by atoms with Gasteiger partial charge in [0, 0.05) is 30.3 Å². The topological polar surface area (TPSA) is 62.7 Å². The Balaban J connectivity index is 1.92. The number of carbonyl (C=O) groups excluding carboxylic acids is 2. The molecule has 3 rings (SSSR count). The van der Waals surface area contributed by atoms with Crippen molar-refractivity contribution in [3.8, 4) is 5.75 Å². The van der Waals surface area contributed by atoms with E-state index in [0.29, 0.717) is 6.92 Å². The molecule has 148 valence electrons. The molecule has 0 saturated carbocycles. The average Bonchev–Trinajstić information content (AvgIpc) is 2.75. The highest BCUT2D eigenvalue weighted by Gasteiger charge is 2.52. The average molecular weight is 454 g/mol. The number of imide groups is 1. The first kappa shape index (κ1) is 20.2. The van der Waals surface area contributed by atoms with Crippen molar-refractivity contribution in [3.05, 3.63) is 52.8 Å². The number of hydrogen-bond acceptors (Lipinski definition) is 4. The van der Waals surface area contributed by atoms with Gasteiger partial charge in [-0.05, 0) is 65.7 Å². The van der Waals surface area contributed by atoms with Gasteiger partial charge in [0.1, 0.15) is 11.3 Å². The summed E-state index contributed by atoms with van der Waals surface area (Å²) in [6.45, 7) is 4.19. The number of halogens is 3. The van der Waals surface area contributed by atoms with Gasteiger partial charge in [0.25, 0.3) is 5.91 Å². The van der Waals surface area contributed by atoms with E-state index in [4.69, 9.17) is 0 Å². The lowest BCUT2D eigenvalue weighted by atomic mass is 10.0. The van der Waals surface area contributed by atoms with Crippen LogP contribution >= 0.6 is 15.9 Å². The number of benzene rings is 1. The molecule has 0 spiro atoms. The molecule has 0 bridgehead atoms. The van der Waals surface area contributed by atoms with E-state index in [2.05, 4.69) is 25.7 Å². The summed E-state index contributed by atoms with van der Waals surface area (Å²) >= 11 is 3.25. The molecule has 2 aromatic rings. The number of aromatic nitrogens is 1. The van der Waals surface area contributed by atoms with E-state index in [1.165, 1.54) is 23.1 Å². The Morgan fingerprint density at radius 1 is 1.18 bits per heavy atom. The molecule has 1 aromatic heterocycles. The van der Waals surface area contributed by atoms with Crippen LogP contribution in [0.4, 0.5) is 19.3 Å². The van der Waals surface area contributed by atoms with Gasteiger partial charge in [-0.3, -0.25) is 9.78 Å². The lowest BCUT2D eigenvalue weighted by Gasteiger charge is -2.27. The van der Waals surface area contributed by atoms with Crippen LogP contribution in [-0.4, -0.2) is 33.5 Å². The molecular weight excluding hydrogens is 436 g/mol. The number of amides is 3. The van der Waals surface area contributed by atoms with Crippen LogP contribution in [0.3, 0.4) is 0 Å². The van der Waals surface area contributed by atoms with Gasteiger partial charge in [-0.2, -0.15) is 8.78 Å². The van der Waals surface area contributed by atoms with Gasteiger partial charge in [-0.1, -0.05) is 0 Å². The van der Waals surface area contributed by atoms with E-state index in [0.717, 1.165) is 10.5 Å². The fraction of sp³-hybridized carbons (Fsp3) is 0.316. The van der Waals surface area contributed by atoms with E-state index in [1.807, 2.05) is 0 Å². The fourth-order valence-corrected chi connectivity index (χ4v) is 3.46.